The van der Waals surface area contributed by atoms with Crippen molar-refractivity contribution in [1.82, 2.24) is 10.3 Å². The maximum absolute atomic E-state index is 10.9. The van der Waals surface area contributed by atoms with Crippen LogP contribution in [0.2, 0.25) is 0 Å². The molecule has 0 aliphatic carbocycles. The Kier molecular flexibility index (Phi) is 6.42. The second-order valence-corrected chi connectivity index (χ2v) is 4.62. The van der Waals surface area contributed by atoms with Gasteiger partial charge in [0.15, 0.2) is 0 Å². The second-order valence-electron chi connectivity index (χ2n) is 4.62. The topological polar surface area (TPSA) is 58.4 Å². The summed E-state index contributed by atoms with van der Waals surface area (Å²) in [5.41, 5.74) is 2.16. The first-order valence-electron chi connectivity index (χ1n) is 6.51. The Morgan fingerprint density at radius 2 is 2.25 bits per heavy atom. The number of nitrogens with two attached hydrogens (primary N) is 1. The minimum Gasteiger partial charge on any atom is -0.300 e. The van der Waals surface area contributed by atoms with Crippen molar-refractivity contribution in [3.63, 3.8) is 0 Å². The van der Waals surface area contributed by atoms with Gasteiger partial charge in [0.25, 0.3) is 0 Å². The van der Waals surface area contributed by atoms with Crippen molar-refractivity contribution in [2.45, 2.75) is 57.9 Å². The maximum atomic E-state index is 10.9. The number of carbonyl (C=O) groups excluding carboxylic acids is 1. The normalized spacial score (nSPS) is 21.2. The van der Waals surface area contributed by atoms with Gasteiger partial charge in [-0.25, -0.2) is 5.84 Å². The largest absolute Gasteiger partial charge is 0.300 e. The van der Waals surface area contributed by atoms with Crippen molar-refractivity contribution >= 4 is 5.91 Å². The predicted molar refractivity (Wildman–Crippen MR) is 65.7 cm³/mol. The van der Waals surface area contributed by atoms with Crippen molar-refractivity contribution in [2.24, 2.45) is 5.84 Å². The summed E-state index contributed by atoms with van der Waals surface area (Å²) in [6.07, 6.45) is 7.84. The molecule has 1 unspecified atom stereocenters. The van der Waals surface area contributed by atoms with Gasteiger partial charge in [-0.3, -0.25) is 10.2 Å². The van der Waals surface area contributed by atoms with E-state index in [9.17, 15) is 4.79 Å². The Morgan fingerprint density at radius 3 is 2.94 bits per heavy atom. The number of carbonyl (C=O) groups is 1. The highest BCUT2D eigenvalue weighted by Crippen LogP contribution is 2.20. The number of hydrogen-bond donors (Lipinski definition) is 2. The smallest absolute Gasteiger partial charge is 0.233 e. The fraction of sp³-hybridized carbons (Fsp3) is 0.917. The molecule has 94 valence electrons. The molecule has 16 heavy (non-hydrogen) atoms. The minimum absolute atomic E-state index is 0.0485. The first-order chi connectivity index (χ1) is 7.77. The average Bonchev–Trinajstić information content (AvgIpc) is 2.75. The molecular formula is C12H25N3O. The number of unbranched alkanes of at least 4 members (excludes halogenated alkanes) is 2. The summed E-state index contributed by atoms with van der Waals surface area (Å²) in [6, 6.07) is 0.812. The van der Waals surface area contributed by atoms with E-state index in [4.69, 9.17) is 5.84 Å². The lowest BCUT2D eigenvalue weighted by atomic mass is 10.1. The Morgan fingerprint density at radius 1 is 1.44 bits per heavy atom. The van der Waals surface area contributed by atoms with E-state index in [-0.39, 0.29) is 5.91 Å². The van der Waals surface area contributed by atoms with Crippen LogP contribution in [0.1, 0.15) is 51.9 Å². The number of rotatable bonds is 7. The van der Waals surface area contributed by atoms with Crippen LogP contribution in [0.4, 0.5) is 0 Å². The van der Waals surface area contributed by atoms with Crippen LogP contribution in [0.5, 0.6) is 0 Å². The zero-order valence-corrected chi connectivity index (χ0v) is 10.4. The third-order valence-electron chi connectivity index (χ3n) is 3.48. The molecule has 1 amide bonds. The van der Waals surface area contributed by atoms with Crippen LogP contribution in [-0.4, -0.2) is 29.9 Å². The summed E-state index contributed by atoms with van der Waals surface area (Å²) in [7, 11) is 0. The van der Waals surface area contributed by atoms with Crippen molar-refractivity contribution < 1.29 is 4.79 Å². The van der Waals surface area contributed by atoms with Crippen LogP contribution < -0.4 is 11.3 Å². The van der Waals surface area contributed by atoms with Gasteiger partial charge in [0.2, 0.25) is 5.91 Å². The predicted octanol–water partition coefficient (Wildman–Crippen LogP) is 1.41. The van der Waals surface area contributed by atoms with Gasteiger partial charge in [-0.05, 0) is 45.2 Å². The number of hydrazine groups is 1. The molecule has 1 saturated heterocycles. The van der Waals surface area contributed by atoms with Crippen molar-refractivity contribution in [2.75, 3.05) is 13.1 Å². The summed E-state index contributed by atoms with van der Waals surface area (Å²) in [5, 5.41) is 0. The fourth-order valence-electron chi connectivity index (χ4n) is 2.50. The number of hydrogen-bond acceptors (Lipinski definition) is 3. The van der Waals surface area contributed by atoms with Crippen LogP contribution in [0, 0.1) is 0 Å². The van der Waals surface area contributed by atoms with Crippen molar-refractivity contribution in [3.8, 4) is 0 Å². The summed E-state index contributed by atoms with van der Waals surface area (Å²) in [6.45, 7) is 4.74. The number of likely N-dealkylation sites (tertiary alicyclic amines) is 1. The Bertz CT molecular complexity index is 208. The highest BCUT2D eigenvalue weighted by atomic mass is 16.2. The van der Waals surface area contributed by atoms with Gasteiger partial charge in [-0.1, -0.05) is 13.3 Å². The molecule has 0 aromatic heterocycles. The molecule has 4 heteroatoms. The SMILES string of the molecule is CCC1CCCN1CCCCCC(=O)NN. The molecule has 1 rings (SSSR count). The molecule has 0 spiro atoms. The Hall–Kier alpha value is -0.610. The van der Waals surface area contributed by atoms with Gasteiger partial charge >= 0.3 is 0 Å². The van der Waals surface area contributed by atoms with Crippen LogP contribution in [-0.2, 0) is 4.79 Å². The quantitative estimate of drug-likeness (QED) is 0.299. The molecule has 3 N–H and O–H groups in total. The Labute approximate surface area is 98.5 Å². The molecule has 0 saturated carbocycles. The molecule has 4 nitrogen and oxygen atoms in total. The highest BCUT2D eigenvalue weighted by Gasteiger charge is 2.21. The number of nitrogens with one attached hydrogen (secondary N) is 1. The number of nitrogens with zero attached hydrogens (tertiary/aromatic N) is 1. The summed E-state index contributed by atoms with van der Waals surface area (Å²) in [4.78, 5) is 13.5. The Balaban J connectivity index is 2.00. The van der Waals surface area contributed by atoms with Crippen LogP contribution in [0.25, 0.3) is 0 Å². The molecule has 0 radical (unpaired) electrons. The van der Waals surface area contributed by atoms with E-state index >= 15 is 0 Å². The van der Waals surface area contributed by atoms with Gasteiger partial charge in [-0.2, -0.15) is 0 Å². The van der Waals surface area contributed by atoms with Gasteiger partial charge in [0.05, 0.1) is 0 Å². The first-order valence-corrected chi connectivity index (χ1v) is 6.51. The molecule has 0 bridgehead atoms. The lowest BCUT2D eigenvalue weighted by molar-refractivity contribution is -0.121. The molecule has 1 aliphatic rings. The highest BCUT2D eigenvalue weighted by molar-refractivity contribution is 5.74. The molecule has 1 heterocycles. The lowest BCUT2D eigenvalue weighted by Gasteiger charge is -2.22. The molecule has 1 atom stereocenters. The van der Waals surface area contributed by atoms with E-state index in [0.29, 0.717) is 6.42 Å². The molecule has 1 fully saturated rings. The zero-order chi connectivity index (χ0) is 11.8. The molecule has 0 aromatic carbocycles. The number of amides is 1. The van der Waals surface area contributed by atoms with E-state index in [0.717, 1.165) is 18.9 Å². The van der Waals surface area contributed by atoms with E-state index in [1.807, 2.05) is 0 Å². The van der Waals surface area contributed by atoms with Crippen LogP contribution in [0.15, 0.2) is 0 Å². The summed E-state index contributed by atoms with van der Waals surface area (Å²) in [5.74, 6) is 4.97. The monoisotopic (exact) mass is 227 g/mol. The van der Waals surface area contributed by atoms with Crippen molar-refractivity contribution in [1.29, 1.82) is 0 Å². The van der Waals surface area contributed by atoms with Gasteiger partial charge in [-0.15, -0.1) is 0 Å². The average molecular weight is 227 g/mol. The van der Waals surface area contributed by atoms with Gasteiger partial charge in [0.1, 0.15) is 0 Å². The lowest BCUT2D eigenvalue weighted by Crippen LogP contribution is -2.30. The van der Waals surface area contributed by atoms with E-state index < -0.39 is 0 Å². The fourth-order valence-corrected chi connectivity index (χ4v) is 2.50. The zero-order valence-electron chi connectivity index (χ0n) is 10.4. The second kappa shape index (κ2) is 7.63. The molecule has 0 aromatic rings. The molecule has 1 aliphatic heterocycles. The first kappa shape index (κ1) is 13.5. The summed E-state index contributed by atoms with van der Waals surface area (Å²) >= 11 is 0. The van der Waals surface area contributed by atoms with E-state index in [1.165, 1.54) is 38.8 Å². The minimum atomic E-state index is -0.0485. The maximum Gasteiger partial charge on any atom is 0.233 e. The van der Waals surface area contributed by atoms with Crippen LogP contribution in [0.3, 0.4) is 0 Å². The standard InChI is InChI=1S/C12H25N3O/c1-2-11-7-6-10-15(11)9-5-3-4-8-12(16)14-13/h11H,2-10,13H2,1H3,(H,14,16). The summed E-state index contributed by atoms with van der Waals surface area (Å²) < 4.78 is 0. The molecular weight excluding hydrogens is 202 g/mol. The van der Waals surface area contributed by atoms with Gasteiger partial charge < -0.3 is 4.90 Å². The van der Waals surface area contributed by atoms with E-state index in [1.54, 1.807) is 0 Å². The van der Waals surface area contributed by atoms with Crippen LogP contribution >= 0.6 is 0 Å². The van der Waals surface area contributed by atoms with E-state index in [2.05, 4.69) is 17.2 Å². The van der Waals surface area contributed by atoms with Crippen molar-refractivity contribution in [3.05, 3.63) is 0 Å². The third-order valence-corrected chi connectivity index (χ3v) is 3.48. The third kappa shape index (κ3) is 4.49. The van der Waals surface area contributed by atoms with Gasteiger partial charge in [0, 0.05) is 12.5 Å².